The zero-order valence-corrected chi connectivity index (χ0v) is 17.9. The molecule has 2 aromatic rings. The van der Waals surface area contributed by atoms with Gasteiger partial charge in [0.2, 0.25) is 0 Å². The first-order valence-electron chi connectivity index (χ1n) is 9.60. The molecule has 1 amide bonds. The number of anilines is 1. The Balaban J connectivity index is 2.09. The molecule has 0 unspecified atom stereocenters. The molecule has 0 saturated heterocycles. The molecule has 8 nitrogen and oxygen atoms in total. The number of aryl methyl sites for hydroxylation is 1. The molecule has 1 N–H and O–H groups in total. The minimum atomic E-state index is -1.12. The Hall–Kier alpha value is -3.88. The Kier molecular flexibility index (Phi) is 8.13. The molecule has 31 heavy (non-hydrogen) atoms. The van der Waals surface area contributed by atoms with Crippen LogP contribution in [0.2, 0.25) is 0 Å². The SMILES string of the molecule is COCCn1c(C)cc(/C=C(\C#N)C(=O)O[C@H](C)C(=O)Nc2ccc(C#N)cc2)c1C. The van der Waals surface area contributed by atoms with Crippen LogP contribution in [0.4, 0.5) is 5.69 Å². The number of nitriles is 2. The molecule has 0 aliphatic rings. The molecular weight excluding hydrogens is 396 g/mol. The number of amides is 1. The summed E-state index contributed by atoms with van der Waals surface area (Å²) >= 11 is 0. The summed E-state index contributed by atoms with van der Waals surface area (Å²) in [7, 11) is 1.62. The molecule has 8 heteroatoms. The normalized spacial score (nSPS) is 11.9. The number of nitrogens with zero attached hydrogens (tertiary/aromatic N) is 3. The van der Waals surface area contributed by atoms with Gasteiger partial charge in [0, 0.05) is 30.7 Å². The third-order valence-electron chi connectivity index (χ3n) is 4.71. The van der Waals surface area contributed by atoms with E-state index in [2.05, 4.69) is 5.32 Å². The van der Waals surface area contributed by atoms with Gasteiger partial charge in [-0.15, -0.1) is 0 Å². The summed E-state index contributed by atoms with van der Waals surface area (Å²) in [6.45, 7) is 6.43. The highest BCUT2D eigenvalue weighted by atomic mass is 16.5. The summed E-state index contributed by atoms with van der Waals surface area (Å²) in [5, 5.41) is 20.8. The summed E-state index contributed by atoms with van der Waals surface area (Å²) in [6.07, 6.45) is 0.341. The van der Waals surface area contributed by atoms with Gasteiger partial charge in [-0.25, -0.2) is 4.79 Å². The molecule has 1 aromatic carbocycles. The molecule has 0 spiro atoms. The van der Waals surface area contributed by atoms with Crippen LogP contribution in [-0.2, 0) is 25.6 Å². The third kappa shape index (κ3) is 6.05. The molecule has 0 bridgehead atoms. The lowest BCUT2D eigenvalue weighted by Crippen LogP contribution is -2.30. The fourth-order valence-electron chi connectivity index (χ4n) is 2.94. The lowest BCUT2D eigenvalue weighted by molar-refractivity contribution is -0.148. The van der Waals surface area contributed by atoms with Gasteiger partial charge in [0.1, 0.15) is 11.6 Å². The van der Waals surface area contributed by atoms with Crippen molar-refractivity contribution < 1.29 is 19.1 Å². The number of esters is 1. The van der Waals surface area contributed by atoms with Crippen LogP contribution in [0.25, 0.3) is 6.08 Å². The number of rotatable bonds is 8. The Labute approximate surface area is 181 Å². The molecule has 0 radical (unpaired) electrons. The Morgan fingerprint density at radius 2 is 1.90 bits per heavy atom. The lowest BCUT2D eigenvalue weighted by atomic mass is 10.1. The van der Waals surface area contributed by atoms with Crippen molar-refractivity contribution in [3.63, 3.8) is 0 Å². The number of nitrogens with one attached hydrogen (secondary N) is 1. The van der Waals surface area contributed by atoms with Crippen molar-refractivity contribution in [3.8, 4) is 12.1 Å². The average molecular weight is 420 g/mol. The van der Waals surface area contributed by atoms with E-state index in [1.165, 1.54) is 13.0 Å². The van der Waals surface area contributed by atoms with E-state index < -0.39 is 18.0 Å². The van der Waals surface area contributed by atoms with Gasteiger partial charge >= 0.3 is 5.97 Å². The van der Waals surface area contributed by atoms with Crippen molar-refractivity contribution in [3.05, 3.63) is 58.4 Å². The Bertz CT molecular complexity index is 1070. The number of aromatic nitrogens is 1. The molecule has 1 aromatic heterocycles. The largest absolute Gasteiger partial charge is 0.448 e. The van der Waals surface area contributed by atoms with E-state index in [0.717, 1.165) is 17.0 Å². The predicted octanol–water partition coefficient (Wildman–Crippen LogP) is 3.10. The summed E-state index contributed by atoms with van der Waals surface area (Å²) in [5.74, 6) is -1.43. The van der Waals surface area contributed by atoms with Crippen molar-refractivity contribution in [1.29, 1.82) is 10.5 Å². The van der Waals surface area contributed by atoms with Gasteiger partial charge in [-0.3, -0.25) is 4.79 Å². The lowest BCUT2D eigenvalue weighted by Gasteiger charge is -2.13. The minimum Gasteiger partial charge on any atom is -0.448 e. The fraction of sp³-hybridized carbons (Fsp3) is 0.304. The van der Waals surface area contributed by atoms with Crippen LogP contribution in [0, 0.1) is 36.5 Å². The fourth-order valence-corrected chi connectivity index (χ4v) is 2.94. The van der Waals surface area contributed by atoms with Gasteiger partial charge in [-0.1, -0.05) is 0 Å². The first kappa shape index (κ1) is 23.4. The molecule has 1 heterocycles. The van der Waals surface area contributed by atoms with Crippen LogP contribution >= 0.6 is 0 Å². The average Bonchev–Trinajstić information content (AvgIpc) is 3.03. The number of hydrogen-bond donors (Lipinski definition) is 1. The number of carbonyl (C=O) groups excluding carboxylic acids is 2. The quantitative estimate of drug-likeness (QED) is 0.398. The van der Waals surface area contributed by atoms with Gasteiger partial charge in [-0.05, 0) is 62.7 Å². The topological polar surface area (TPSA) is 117 Å². The second kappa shape index (κ2) is 10.8. The summed E-state index contributed by atoms with van der Waals surface area (Å²) in [5.41, 5.74) is 3.31. The van der Waals surface area contributed by atoms with E-state index in [-0.39, 0.29) is 5.57 Å². The van der Waals surface area contributed by atoms with Crippen LogP contribution in [-0.4, -0.2) is 36.3 Å². The molecule has 0 aliphatic carbocycles. The van der Waals surface area contributed by atoms with E-state index in [0.29, 0.717) is 24.4 Å². The second-order valence-electron chi connectivity index (χ2n) is 6.87. The van der Waals surface area contributed by atoms with Crippen molar-refractivity contribution >= 4 is 23.6 Å². The first-order chi connectivity index (χ1) is 14.8. The number of carbonyl (C=O) groups is 2. The highest BCUT2D eigenvalue weighted by Gasteiger charge is 2.21. The van der Waals surface area contributed by atoms with E-state index in [1.54, 1.807) is 31.4 Å². The third-order valence-corrected chi connectivity index (χ3v) is 4.71. The smallest absolute Gasteiger partial charge is 0.349 e. The van der Waals surface area contributed by atoms with Gasteiger partial charge in [0.05, 0.1) is 18.2 Å². The van der Waals surface area contributed by atoms with Crippen LogP contribution in [0.15, 0.2) is 35.9 Å². The van der Waals surface area contributed by atoms with Crippen molar-refractivity contribution in [2.24, 2.45) is 0 Å². The minimum absolute atomic E-state index is 0.204. The van der Waals surface area contributed by atoms with E-state index >= 15 is 0 Å². The molecule has 0 fully saturated rings. The molecule has 160 valence electrons. The number of ether oxygens (including phenoxy) is 2. The standard InChI is InChI=1S/C23H24N4O4/c1-15-11-19(16(2)27(15)9-10-30-4)12-20(14-25)23(29)31-17(3)22(28)26-21-7-5-18(13-24)6-8-21/h5-8,11-12,17H,9-10H2,1-4H3,(H,26,28)/b20-12+/t17-/m1/s1. The first-order valence-corrected chi connectivity index (χ1v) is 9.60. The van der Waals surface area contributed by atoms with Crippen LogP contribution < -0.4 is 5.32 Å². The highest BCUT2D eigenvalue weighted by Crippen LogP contribution is 2.19. The highest BCUT2D eigenvalue weighted by molar-refractivity contribution is 6.01. The van der Waals surface area contributed by atoms with Crippen LogP contribution in [0.5, 0.6) is 0 Å². The monoisotopic (exact) mass is 420 g/mol. The Morgan fingerprint density at radius 3 is 2.48 bits per heavy atom. The van der Waals surface area contributed by atoms with Crippen molar-refractivity contribution in [2.45, 2.75) is 33.4 Å². The van der Waals surface area contributed by atoms with Crippen LogP contribution in [0.3, 0.4) is 0 Å². The zero-order chi connectivity index (χ0) is 23.0. The number of benzene rings is 1. The van der Waals surface area contributed by atoms with Gasteiger partial charge in [-0.2, -0.15) is 10.5 Å². The molecule has 2 rings (SSSR count). The summed E-state index contributed by atoms with van der Waals surface area (Å²) in [4.78, 5) is 24.8. The van der Waals surface area contributed by atoms with Gasteiger partial charge in [0.15, 0.2) is 6.10 Å². The molecule has 0 aliphatic heterocycles. The Morgan fingerprint density at radius 1 is 1.23 bits per heavy atom. The summed E-state index contributed by atoms with van der Waals surface area (Å²) in [6, 6.07) is 12.0. The van der Waals surface area contributed by atoms with E-state index in [9.17, 15) is 14.9 Å². The maximum atomic E-state index is 12.4. The van der Waals surface area contributed by atoms with Crippen molar-refractivity contribution in [2.75, 3.05) is 19.0 Å². The maximum Gasteiger partial charge on any atom is 0.349 e. The van der Waals surface area contributed by atoms with Crippen LogP contribution in [0.1, 0.15) is 29.4 Å². The van der Waals surface area contributed by atoms with Gasteiger partial charge < -0.3 is 19.4 Å². The number of methoxy groups -OCH3 is 1. The predicted molar refractivity (Wildman–Crippen MR) is 115 cm³/mol. The van der Waals surface area contributed by atoms with Crippen molar-refractivity contribution in [1.82, 2.24) is 4.57 Å². The maximum absolute atomic E-state index is 12.4. The molecule has 0 saturated carbocycles. The zero-order valence-electron chi connectivity index (χ0n) is 17.9. The summed E-state index contributed by atoms with van der Waals surface area (Å²) < 4.78 is 12.3. The van der Waals surface area contributed by atoms with E-state index in [4.69, 9.17) is 14.7 Å². The molecular formula is C23H24N4O4. The number of hydrogen-bond acceptors (Lipinski definition) is 6. The second-order valence-corrected chi connectivity index (χ2v) is 6.87. The van der Waals surface area contributed by atoms with Gasteiger partial charge in [0.25, 0.3) is 5.91 Å². The van der Waals surface area contributed by atoms with E-state index in [1.807, 2.05) is 36.6 Å². The molecule has 1 atom stereocenters.